The number of nitrogens with one attached hydrogen (secondary N) is 4. The number of benzene rings is 1. The van der Waals surface area contributed by atoms with Gasteiger partial charge in [-0.1, -0.05) is 6.07 Å². The van der Waals surface area contributed by atoms with Gasteiger partial charge in [0.25, 0.3) is 0 Å². The Morgan fingerprint density at radius 3 is 2.46 bits per heavy atom. The number of sulfonamides is 1. The van der Waals surface area contributed by atoms with E-state index in [9.17, 15) is 31.2 Å². The van der Waals surface area contributed by atoms with E-state index in [0.29, 0.717) is 17.6 Å². The molecule has 208 valence electrons. The molecule has 0 fully saturated rings. The molecule has 16 heteroatoms. The van der Waals surface area contributed by atoms with Crippen LogP contribution in [0.4, 0.5) is 42.0 Å². The Hall–Kier alpha value is -4.47. The molecule has 3 rings (SSSR count). The fourth-order valence-corrected chi connectivity index (χ4v) is 3.72. The van der Waals surface area contributed by atoms with Gasteiger partial charge in [-0.05, 0) is 30.3 Å². The molecule has 0 unspecified atom stereocenters. The first-order valence-electron chi connectivity index (χ1n) is 11.2. The predicted octanol–water partition coefficient (Wildman–Crippen LogP) is 2.72. The number of carbonyl (C=O) groups is 2. The van der Waals surface area contributed by atoms with Gasteiger partial charge in [0.05, 0.1) is 30.7 Å². The molecule has 0 aliphatic carbocycles. The van der Waals surface area contributed by atoms with E-state index in [2.05, 4.69) is 36.2 Å². The highest BCUT2D eigenvalue weighted by molar-refractivity contribution is 7.92. The molecule has 0 spiro atoms. The monoisotopic (exact) mass is 566 g/mol. The minimum Gasteiger partial charge on any atom is -0.364 e. The minimum absolute atomic E-state index is 0.175. The molecule has 3 aromatic rings. The number of anilines is 5. The second-order valence-electron chi connectivity index (χ2n) is 8.17. The van der Waals surface area contributed by atoms with Crippen LogP contribution in [-0.4, -0.2) is 55.0 Å². The van der Waals surface area contributed by atoms with Crippen molar-refractivity contribution < 1.29 is 31.2 Å². The smallest absolute Gasteiger partial charge is 0.364 e. The van der Waals surface area contributed by atoms with Crippen molar-refractivity contribution in [2.75, 3.05) is 40.1 Å². The maximum atomic E-state index is 13.7. The van der Waals surface area contributed by atoms with Crippen molar-refractivity contribution in [2.45, 2.75) is 19.6 Å². The van der Waals surface area contributed by atoms with Crippen LogP contribution in [0.3, 0.4) is 0 Å². The highest BCUT2D eigenvalue weighted by Crippen LogP contribution is 2.34. The van der Waals surface area contributed by atoms with E-state index in [-0.39, 0.29) is 36.3 Å². The zero-order valence-electron chi connectivity index (χ0n) is 21.0. The van der Waals surface area contributed by atoms with Crippen LogP contribution in [0.15, 0.2) is 48.8 Å². The maximum absolute atomic E-state index is 13.7. The second-order valence-corrected chi connectivity index (χ2v) is 10.2. The molecule has 2 heterocycles. The minimum atomic E-state index is -4.78. The summed E-state index contributed by atoms with van der Waals surface area (Å²) in [6.07, 6.45) is -1.80. The molecule has 0 aliphatic heterocycles. The molecular weight excluding hydrogens is 541 g/mol. The third kappa shape index (κ3) is 8.26. The number of alkyl halides is 3. The summed E-state index contributed by atoms with van der Waals surface area (Å²) in [5.74, 6) is -1.58. The van der Waals surface area contributed by atoms with E-state index >= 15 is 0 Å². The number of hydrogen-bond donors (Lipinski definition) is 4. The molecule has 0 bridgehead atoms. The topological polar surface area (TPSA) is 158 Å². The molecule has 0 atom stereocenters. The van der Waals surface area contributed by atoms with E-state index in [1.807, 2.05) is 0 Å². The van der Waals surface area contributed by atoms with E-state index in [1.165, 1.54) is 38.4 Å². The van der Waals surface area contributed by atoms with Crippen LogP contribution in [-0.2, 0) is 32.3 Å². The molecule has 12 nitrogen and oxygen atoms in total. The number of nitrogens with zero attached hydrogens (tertiary/aromatic N) is 4. The number of halogens is 3. The molecule has 0 radical (unpaired) electrons. The summed E-state index contributed by atoms with van der Waals surface area (Å²) in [7, 11) is -2.34. The number of carbonyl (C=O) groups excluding carboxylic acids is 2. The lowest BCUT2D eigenvalue weighted by Crippen LogP contribution is -2.31. The summed E-state index contributed by atoms with van der Waals surface area (Å²) < 4.78 is 65.9. The van der Waals surface area contributed by atoms with Crippen molar-refractivity contribution in [3.8, 4) is 0 Å². The molecule has 2 amide bonds. The van der Waals surface area contributed by atoms with Crippen molar-refractivity contribution >= 4 is 50.7 Å². The van der Waals surface area contributed by atoms with Gasteiger partial charge >= 0.3 is 6.18 Å². The van der Waals surface area contributed by atoms with Gasteiger partial charge in [0.1, 0.15) is 11.4 Å². The van der Waals surface area contributed by atoms with Gasteiger partial charge in [0.15, 0.2) is 0 Å². The Morgan fingerprint density at radius 2 is 1.79 bits per heavy atom. The molecular formula is C23H25F3N8O4S. The van der Waals surface area contributed by atoms with Crippen LogP contribution in [0.2, 0.25) is 0 Å². The summed E-state index contributed by atoms with van der Waals surface area (Å²) in [5, 5.41) is 10.3. The maximum Gasteiger partial charge on any atom is 0.421 e. The summed E-state index contributed by atoms with van der Waals surface area (Å²) in [5.41, 5.74) is -0.0562. The van der Waals surface area contributed by atoms with Gasteiger partial charge in [0.2, 0.25) is 27.8 Å². The third-order valence-corrected chi connectivity index (χ3v) is 6.31. The van der Waals surface area contributed by atoms with Crippen LogP contribution in [0.25, 0.3) is 0 Å². The van der Waals surface area contributed by atoms with Crippen LogP contribution < -0.4 is 25.6 Å². The van der Waals surface area contributed by atoms with Crippen LogP contribution in [0, 0.1) is 0 Å². The van der Waals surface area contributed by atoms with Crippen molar-refractivity contribution in [2.24, 2.45) is 0 Å². The summed E-state index contributed by atoms with van der Waals surface area (Å²) >= 11 is 0. The molecule has 4 N–H and O–H groups in total. The fourth-order valence-electron chi connectivity index (χ4n) is 3.20. The third-order valence-electron chi connectivity index (χ3n) is 5.12. The average Bonchev–Trinajstić information content (AvgIpc) is 2.85. The first-order valence-corrected chi connectivity index (χ1v) is 13.1. The lowest BCUT2D eigenvalue weighted by Gasteiger charge is -2.20. The van der Waals surface area contributed by atoms with Gasteiger partial charge in [-0.25, -0.2) is 13.4 Å². The Kier molecular flexibility index (Phi) is 8.90. The van der Waals surface area contributed by atoms with E-state index in [1.54, 1.807) is 18.2 Å². The zero-order valence-corrected chi connectivity index (χ0v) is 21.8. The first kappa shape index (κ1) is 29.1. The van der Waals surface area contributed by atoms with E-state index in [0.717, 1.165) is 10.6 Å². The normalized spacial score (nSPS) is 11.4. The molecule has 2 aromatic heterocycles. The largest absolute Gasteiger partial charge is 0.421 e. The standard InChI is InChI=1S/C23H25F3N8O4S/c1-14(35)28-13-20(36)31-15-6-4-7-16(10-15)32-22-30-11-17(23(24,25)26)21(33-22)29-12-18-19(8-5-9-27-18)34(2)39(3,37)38/h4-11H,12-13H2,1-3H3,(H,28,35)(H,31,36)(H2,29,30,32,33). The number of pyridine rings is 1. The zero-order chi connectivity index (χ0) is 28.8. The number of amides is 2. The number of hydrogen-bond acceptors (Lipinski definition) is 9. The van der Waals surface area contributed by atoms with Gasteiger partial charge < -0.3 is 21.3 Å². The van der Waals surface area contributed by atoms with Crippen LogP contribution in [0.1, 0.15) is 18.2 Å². The van der Waals surface area contributed by atoms with Gasteiger partial charge in [-0.2, -0.15) is 18.2 Å². The SMILES string of the molecule is CC(=O)NCC(=O)Nc1cccc(Nc2ncc(C(F)(F)F)c(NCc3ncccc3N(C)S(C)(=O)=O)n2)c1. The van der Waals surface area contributed by atoms with Gasteiger partial charge in [-0.3, -0.25) is 18.9 Å². The second kappa shape index (κ2) is 11.9. The number of rotatable bonds is 10. The number of aromatic nitrogens is 3. The molecule has 39 heavy (non-hydrogen) atoms. The van der Waals surface area contributed by atoms with E-state index < -0.39 is 33.5 Å². The van der Waals surface area contributed by atoms with Gasteiger partial charge in [-0.15, -0.1) is 0 Å². The fraction of sp³-hybridized carbons (Fsp3) is 0.261. The Morgan fingerprint density at radius 1 is 1.08 bits per heavy atom. The van der Waals surface area contributed by atoms with Crippen LogP contribution in [0.5, 0.6) is 0 Å². The highest BCUT2D eigenvalue weighted by atomic mass is 32.2. The van der Waals surface area contributed by atoms with Crippen molar-refractivity contribution in [3.05, 3.63) is 60.0 Å². The van der Waals surface area contributed by atoms with E-state index in [4.69, 9.17) is 0 Å². The van der Waals surface area contributed by atoms with Gasteiger partial charge in [0, 0.05) is 37.7 Å². The van der Waals surface area contributed by atoms with Crippen molar-refractivity contribution in [1.82, 2.24) is 20.3 Å². The average molecular weight is 567 g/mol. The van der Waals surface area contributed by atoms with Crippen molar-refractivity contribution in [3.63, 3.8) is 0 Å². The first-order chi connectivity index (χ1) is 18.2. The summed E-state index contributed by atoms with van der Waals surface area (Å²) in [6.45, 7) is 0.766. The van der Waals surface area contributed by atoms with Crippen molar-refractivity contribution in [1.29, 1.82) is 0 Å². The Balaban J connectivity index is 1.83. The molecule has 0 saturated heterocycles. The molecule has 0 aliphatic rings. The highest BCUT2D eigenvalue weighted by Gasteiger charge is 2.35. The lowest BCUT2D eigenvalue weighted by molar-refractivity contribution is -0.137. The Labute approximate surface area is 222 Å². The molecule has 0 saturated carbocycles. The predicted molar refractivity (Wildman–Crippen MR) is 139 cm³/mol. The summed E-state index contributed by atoms with van der Waals surface area (Å²) in [4.78, 5) is 34.7. The molecule has 1 aromatic carbocycles. The summed E-state index contributed by atoms with van der Waals surface area (Å²) in [6, 6.07) is 9.23. The Bertz CT molecular complexity index is 1470. The lowest BCUT2D eigenvalue weighted by atomic mass is 10.2. The quantitative estimate of drug-likeness (QED) is 0.290. The van der Waals surface area contributed by atoms with Crippen LogP contribution >= 0.6 is 0 Å².